The largest absolute Gasteiger partial charge is 0.373 e. The van der Waals surface area contributed by atoms with E-state index < -0.39 is 0 Å². The minimum Gasteiger partial charge on any atom is -0.373 e. The number of rotatable bonds is 6. The van der Waals surface area contributed by atoms with Gasteiger partial charge in [0.1, 0.15) is 5.82 Å². The zero-order valence-electron chi connectivity index (χ0n) is 20.4. The fourth-order valence-corrected chi connectivity index (χ4v) is 4.78. The number of ether oxygens (including phenoxy) is 1. The van der Waals surface area contributed by atoms with E-state index in [1.54, 1.807) is 0 Å². The van der Waals surface area contributed by atoms with Crippen LogP contribution in [0, 0.1) is 19.8 Å². The van der Waals surface area contributed by atoms with Crippen LogP contribution in [-0.2, 0) is 4.74 Å². The van der Waals surface area contributed by atoms with Crippen LogP contribution in [0.2, 0.25) is 0 Å². The number of nitrogens with one attached hydrogen (secondary N) is 2. The molecular weight excluding hydrogens is 410 g/mol. The van der Waals surface area contributed by atoms with Crippen molar-refractivity contribution in [3.8, 4) is 0 Å². The van der Waals surface area contributed by atoms with Crippen LogP contribution >= 0.6 is 0 Å². The molecule has 0 radical (unpaired) electrons. The number of nitrogens with zero attached hydrogens (tertiary/aromatic N) is 3. The van der Waals surface area contributed by atoms with Crippen molar-refractivity contribution < 1.29 is 4.74 Å². The third-order valence-corrected chi connectivity index (χ3v) is 6.73. The number of pyridine rings is 1. The molecule has 2 fully saturated rings. The lowest BCUT2D eigenvalue weighted by atomic mass is 9.89. The number of aromatic nitrogens is 1. The summed E-state index contributed by atoms with van der Waals surface area (Å²) in [4.78, 5) is 12.0. The van der Waals surface area contributed by atoms with E-state index in [1.807, 2.05) is 6.20 Å². The first-order chi connectivity index (χ1) is 16.1. The van der Waals surface area contributed by atoms with E-state index >= 15 is 0 Å². The minimum absolute atomic E-state index is 0.135. The van der Waals surface area contributed by atoms with Crippen molar-refractivity contribution in [2.24, 2.45) is 10.9 Å². The zero-order chi connectivity index (χ0) is 23.0. The monoisotopic (exact) mass is 449 g/mol. The highest BCUT2D eigenvalue weighted by Gasteiger charge is 2.28. The van der Waals surface area contributed by atoms with Gasteiger partial charge in [-0.1, -0.05) is 35.9 Å². The van der Waals surface area contributed by atoms with E-state index in [2.05, 4.69) is 77.7 Å². The Morgan fingerprint density at radius 1 is 1.06 bits per heavy atom. The van der Waals surface area contributed by atoms with Crippen LogP contribution in [0.3, 0.4) is 0 Å². The van der Waals surface area contributed by atoms with Crippen molar-refractivity contribution in [2.45, 2.75) is 58.6 Å². The van der Waals surface area contributed by atoms with Gasteiger partial charge in [0.2, 0.25) is 0 Å². The molecule has 0 spiro atoms. The summed E-state index contributed by atoms with van der Waals surface area (Å²) in [6, 6.07) is 13.5. The molecule has 2 atom stereocenters. The molecule has 1 aromatic heterocycles. The van der Waals surface area contributed by atoms with Gasteiger partial charge in [0, 0.05) is 50.9 Å². The Hall–Kier alpha value is -2.60. The number of aryl methyl sites for hydroxylation is 2. The second-order valence-electron chi connectivity index (χ2n) is 9.42. The Labute approximate surface area is 198 Å². The Bertz CT molecular complexity index is 888. The number of hydrogen-bond donors (Lipinski definition) is 2. The standard InChI is InChI=1S/C27H39N5O/c1-4-28-27(31-24-13-15-32(16-14-24)25-12-9-21(3)18-29-25)30-19-23-6-5-17-33-26(23)22-10-7-20(2)8-11-22/h7-12,18,23-24,26H,4-6,13-17,19H2,1-3H3,(H2,28,30,31). The van der Waals surface area contributed by atoms with Crippen LogP contribution in [0.5, 0.6) is 0 Å². The Morgan fingerprint density at radius 3 is 2.52 bits per heavy atom. The van der Waals surface area contributed by atoms with Crippen LogP contribution in [0.15, 0.2) is 47.6 Å². The Morgan fingerprint density at radius 2 is 1.82 bits per heavy atom. The van der Waals surface area contributed by atoms with E-state index in [0.29, 0.717) is 12.0 Å². The summed E-state index contributed by atoms with van der Waals surface area (Å²) in [7, 11) is 0. The first-order valence-electron chi connectivity index (χ1n) is 12.5. The molecule has 2 aliphatic rings. The van der Waals surface area contributed by atoms with Crippen molar-refractivity contribution in [3.63, 3.8) is 0 Å². The quantitative estimate of drug-likeness (QED) is 0.506. The fourth-order valence-electron chi connectivity index (χ4n) is 4.78. The molecule has 4 rings (SSSR count). The molecule has 178 valence electrons. The van der Waals surface area contributed by atoms with Crippen molar-refractivity contribution in [1.82, 2.24) is 15.6 Å². The van der Waals surface area contributed by atoms with Crippen molar-refractivity contribution in [2.75, 3.05) is 37.7 Å². The first-order valence-corrected chi connectivity index (χ1v) is 12.5. The van der Waals surface area contributed by atoms with Gasteiger partial charge in [0.25, 0.3) is 0 Å². The third-order valence-electron chi connectivity index (χ3n) is 6.73. The van der Waals surface area contributed by atoms with Crippen LogP contribution in [0.25, 0.3) is 0 Å². The Balaban J connectivity index is 1.34. The number of anilines is 1. The van der Waals surface area contributed by atoms with Crippen molar-refractivity contribution in [3.05, 3.63) is 59.3 Å². The first kappa shape index (κ1) is 23.6. The highest BCUT2D eigenvalue weighted by atomic mass is 16.5. The third kappa shape index (κ3) is 6.47. The van der Waals surface area contributed by atoms with E-state index in [4.69, 9.17) is 9.73 Å². The molecule has 2 saturated heterocycles. The zero-order valence-corrected chi connectivity index (χ0v) is 20.4. The molecule has 33 heavy (non-hydrogen) atoms. The fraction of sp³-hybridized carbons (Fsp3) is 0.556. The van der Waals surface area contributed by atoms with Gasteiger partial charge in [0.15, 0.2) is 5.96 Å². The maximum atomic E-state index is 6.20. The second-order valence-corrected chi connectivity index (χ2v) is 9.42. The van der Waals surface area contributed by atoms with E-state index in [0.717, 1.165) is 70.2 Å². The van der Waals surface area contributed by atoms with Crippen LogP contribution in [0.1, 0.15) is 55.4 Å². The number of aliphatic imine (C=N–C) groups is 1. The van der Waals surface area contributed by atoms with Crippen LogP contribution in [-0.4, -0.2) is 49.8 Å². The molecule has 2 aromatic rings. The van der Waals surface area contributed by atoms with Crippen molar-refractivity contribution >= 4 is 11.8 Å². The van der Waals surface area contributed by atoms with Gasteiger partial charge >= 0.3 is 0 Å². The van der Waals surface area contributed by atoms with Crippen molar-refractivity contribution in [1.29, 1.82) is 0 Å². The number of benzene rings is 1. The summed E-state index contributed by atoms with van der Waals surface area (Å²) >= 11 is 0. The summed E-state index contributed by atoms with van der Waals surface area (Å²) in [6.45, 7) is 10.8. The number of piperidine rings is 1. The van der Waals surface area contributed by atoms with Crippen LogP contribution in [0.4, 0.5) is 5.82 Å². The minimum atomic E-state index is 0.135. The van der Waals surface area contributed by atoms with Gasteiger partial charge in [-0.3, -0.25) is 4.99 Å². The summed E-state index contributed by atoms with van der Waals surface area (Å²) < 4.78 is 6.20. The number of guanidine groups is 1. The summed E-state index contributed by atoms with van der Waals surface area (Å²) in [5.41, 5.74) is 3.76. The van der Waals surface area contributed by atoms with Gasteiger partial charge in [-0.05, 0) is 63.6 Å². The molecule has 1 aromatic carbocycles. The summed E-state index contributed by atoms with van der Waals surface area (Å²) in [6.07, 6.45) is 6.52. The predicted molar refractivity (Wildman–Crippen MR) is 136 cm³/mol. The maximum absolute atomic E-state index is 6.20. The van der Waals surface area contributed by atoms with Gasteiger partial charge in [-0.15, -0.1) is 0 Å². The molecule has 6 heteroatoms. The molecule has 6 nitrogen and oxygen atoms in total. The lowest BCUT2D eigenvalue weighted by molar-refractivity contribution is -0.0250. The van der Waals surface area contributed by atoms with Gasteiger partial charge in [0.05, 0.1) is 6.10 Å². The highest BCUT2D eigenvalue weighted by molar-refractivity contribution is 5.80. The molecule has 0 aliphatic carbocycles. The molecular formula is C27H39N5O. The summed E-state index contributed by atoms with van der Waals surface area (Å²) in [5, 5.41) is 7.14. The average molecular weight is 450 g/mol. The highest BCUT2D eigenvalue weighted by Crippen LogP contribution is 2.34. The lowest BCUT2D eigenvalue weighted by Gasteiger charge is -2.34. The molecule has 2 unspecified atom stereocenters. The molecule has 3 heterocycles. The normalized spacial score (nSPS) is 22.3. The van der Waals surface area contributed by atoms with E-state index in [-0.39, 0.29) is 6.10 Å². The smallest absolute Gasteiger partial charge is 0.191 e. The van der Waals surface area contributed by atoms with Gasteiger partial charge < -0.3 is 20.3 Å². The number of hydrogen-bond acceptors (Lipinski definition) is 4. The maximum Gasteiger partial charge on any atom is 0.191 e. The molecule has 0 saturated carbocycles. The lowest BCUT2D eigenvalue weighted by Crippen LogP contribution is -2.49. The Kier molecular flexibility index (Phi) is 8.21. The van der Waals surface area contributed by atoms with E-state index in [9.17, 15) is 0 Å². The molecule has 0 amide bonds. The van der Waals surface area contributed by atoms with E-state index in [1.165, 1.54) is 16.7 Å². The van der Waals surface area contributed by atoms with Gasteiger partial charge in [-0.25, -0.2) is 4.98 Å². The topological polar surface area (TPSA) is 61.8 Å². The average Bonchev–Trinajstić information content (AvgIpc) is 2.84. The molecule has 2 N–H and O–H groups in total. The van der Waals surface area contributed by atoms with Gasteiger partial charge in [-0.2, -0.15) is 0 Å². The molecule has 2 aliphatic heterocycles. The SMILES string of the molecule is CCNC(=NCC1CCCOC1c1ccc(C)cc1)NC1CCN(c2ccc(C)cn2)CC1. The summed E-state index contributed by atoms with van der Waals surface area (Å²) in [5.74, 6) is 2.42. The molecule has 0 bridgehead atoms. The second kappa shape index (κ2) is 11.5. The van der Waals surface area contributed by atoms with Crippen LogP contribution < -0.4 is 15.5 Å². The predicted octanol–water partition coefficient (Wildman–Crippen LogP) is 4.39.